The van der Waals surface area contributed by atoms with Gasteiger partial charge < -0.3 is 15.2 Å². The molecule has 0 radical (unpaired) electrons. The highest BCUT2D eigenvalue weighted by atomic mass is 16.5. The van der Waals surface area contributed by atoms with Crippen LogP contribution in [0.25, 0.3) is 0 Å². The first kappa shape index (κ1) is 14.1. The Kier molecular flexibility index (Phi) is 6.53. The van der Waals surface area contributed by atoms with Crippen LogP contribution in [0.5, 0.6) is 0 Å². The quantitative estimate of drug-likeness (QED) is 0.533. The molecule has 0 aromatic rings. The Bertz CT molecular complexity index is 300. The van der Waals surface area contributed by atoms with Gasteiger partial charge in [-0.25, -0.2) is 9.59 Å². The first-order chi connectivity index (χ1) is 7.41. The van der Waals surface area contributed by atoms with Gasteiger partial charge in [-0.05, 0) is 6.92 Å². The van der Waals surface area contributed by atoms with E-state index < -0.39 is 31.1 Å². The summed E-state index contributed by atoms with van der Waals surface area (Å²) in [4.78, 5) is 32.0. The number of aliphatic carboxylic acids is 1. The van der Waals surface area contributed by atoms with Crippen LogP contribution in [0.4, 0.5) is 4.79 Å². The summed E-state index contributed by atoms with van der Waals surface area (Å²) in [5.41, 5.74) is 0.740. The molecule has 0 fully saturated rings. The molecule has 0 aromatic carbocycles. The summed E-state index contributed by atoms with van der Waals surface area (Å²) < 4.78 is 4.47. The van der Waals surface area contributed by atoms with Gasteiger partial charge in [0.15, 0.2) is 0 Å². The molecular weight excluding hydrogens is 216 g/mol. The summed E-state index contributed by atoms with van der Waals surface area (Å²) >= 11 is 0. The molecule has 0 bridgehead atoms. The molecule has 0 aliphatic heterocycles. The third kappa shape index (κ3) is 8.70. The number of carboxylic acid groups (broad SMARTS) is 1. The molecule has 90 valence electrons. The fourth-order valence-electron chi connectivity index (χ4n) is 0.669. The monoisotopic (exact) mass is 230 g/mol. The number of rotatable bonds is 6. The second kappa shape index (κ2) is 7.41. The van der Waals surface area contributed by atoms with Crippen molar-refractivity contribution >= 4 is 17.9 Å². The number of urea groups is 1. The summed E-state index contributed by atoms with van der Waals surface area (Å²) in [6.45, 7) is 4.48. The predicted molar refractivity (Wildman–Crippen MR) is 54.8 cm³/mol. The van der Waals surface area contributed by atoms with E-state index in [0.717, 1.165) is 5.57 Å². The van der Waals surface area contributed by atoms with Crippen LogP contribution in [-0.2, 0) is 14.3 Å². The first-order valence-electron chi connectivity index (χ1n) is 4.43. The highest BCUT2D eigenvalue weighted by Gasteiger charge is 2.07. The lowest BCUT2D eigenvalue weighted by molar-refractivity contribution is -0.143. The van der Waals surface area contributed by atoms with Gasteiger partial charge in [-0.3, -0.25) is 10.1 Å². The molecule has 0 spiro atoms. The maximum Gasteiger partial charge on any atom is 0.329 e. The Morgan fingerprint density at radius 2 is 1.94 bits per heavy atom. The molecule has 0 saturated heterocycles. The van der Waals surface area contributed by atoms with Crippen molar-refractivity contribution in [2.75, 3.05) is 19.8 Å². The number of carbonyl (C=O) groups is 3. The van der Waals surface area contributed by atoms with Gasteiger partial charge in [0.1, 0.15) is 13.2 Å². The molecule has 0 aliphatic rings. The summed E-state index contributed by atoms with van der Waals surface area (Å²) in [6, 6.07) is -0.674. The number of carbonyl (C=O) groups excluding carboxylic acids is 2. The van der Waals surface area contributed by atoms with Gasteiger partial charge in [0.25, 0.3) is 5.91 Å². The van der Waals surface area contributed by atoms with Crippen molar-refractivity contribution in [1.82, 2.24) is 10.6 Å². The van der Waals surface area contributed by atoms with Crippen molar-refractivity contribution in [3.05, 3.63) is 12.2 Å². The largest absolute Gasteiger partial charge is 0.480 e. The third-order valence-electron chi connectivity index (χ3n) is 1.26. The molecule has 0 atom stereocenters. The van der Waals surface area contributed by atoms with Crippen LogP contribution >= 0.6 is 0 Å². The molecule has 0 rings (SSSR count). The normalized spacial score (nSPS) is 9.31. The molecular formula is C9H14N2O5. The van der Waals surface area contributed by atoms with E-state index in [1.807, 2.05) is 5.32 Å². The minimum Gasteiger partial charge on any atom is -0.480 e. The highest BCUT2D eigenvalue weighted by molar-refractivity contribution is 5.95. The zero-order chi connectivity index (χ0) is 12.6. The lowest BCUT2D eigenvalue weighted by Crippen LogP contribution is -2.41. The van der Waals surface area contributed by atoms with Crippen molar-refractivity contribution in [2.24, 2.45) is 0 Å². The van der Waals surface area contributed by atoms with Crippen molar-refractivity contribution in [2.45, 2.75) is 6.92 Å². The number of nitrogens with one attached hydrogen (secondary N) is 2. The van der Waals surface area contributed by atoms with Gasteiger partial charge in [-0.15, -0.1) is 0 Å². The van der Waals surface area contributed by atoms with Crippen molar-refractivity contribution < 1.29 is 24.2 Å². The van der Waals surface area contributed by atoms with Crippen molar-refractivity contribution in [1.29, 1.82) is 0 Å². The Morgan fingerprint density at radius 1 is 1.31 bits per heavy atom. The number of carboxylic acids is 1. The number of amides is 3. The van der Waals surface area contributed by atoms with Crippen LogP contribution in [0.3, 0.4) is 0 Å². The molecule has 3 amide bonds. The Morgan fingerprint density at radius 3 is 2.44 bits per heavy atom. The van der Waals surface area contributed by atoms with Crippen LogP contribution in [0.15, 0.2) is 12.2 Å². The van der Waals surface area contributed by atoms with Gasteiger partial charge in [0, 0.05) is 6.54 Å². The smallest absolute Gasteiger partial charge is 0.329 e. The SMILES string of the molecule is C=C(C)CNC(=O)NC(=O)COCC(=O)O. The van der Waals surface area contributed by atoms with Gasteiger partial charge in [0.2, 0.25) is 0 Å². The molecule has 0 unspecified atom stereocenters. The van der Waals surface area contributed by atoms with Gasteiger partial charge in [0.05, 0.1) is 0 Å². The molecule has 16 heavy (non-hydrogen) atoms. The standard InChI is InChI=1S/C9H14N2O5/c1-6(2)3-10-9(15)11-7(12)4-16-5-8(13)14/h1,3-5H2,2H3,(H,13,14)(H2,10,11,12,15). The van der Waals surface area contributed by atoms with E-state index in [-0.39, 0.29) is 6.54 Å². The van der Waals surface area contributed by atoms with Gasteiger partial charge in [-0.1, -0.05) is 12.2 Å². The summed E-state index contributed by atoms with van der Waals surface area (Å²) in [5, 5.41) is 12.5. The third-order valence-corrected chi connectivity index (χ3v) is 1.26. The lowest BCUT2D eigenvalue weighted by atomic mass is 10.3. The average Bonchev–Trinajstić information content (AvgIpc) is 2.14. The van der Waals surface area contributed by atoms with E-state index in [9.17, 15) is 14.4 Å². The van der Waals surface area contributed by atoms with E-state index in [2.05, 4.69) is 16.6 Å². The van der Waals surface area contributed by atoms with E-state index in [4.69, 9.17) is 5.11 Å². The van der Waals surface area contributed by atoms with E-state index in [1.165, 1.54) is 0 Å². The maximum absolute atomic E-state index is 11.0. The molecule has 7 heteroatoms. The molecule has 0 saturated carbocycles. The van der Waals surface area contributed by atoms with E-state index in [1.54, 1.807) is 6.92 Å². The highest BCUT2D eigenvalue weighted by Crippen LogP contribution is 1.81. The van der Waals surface area contributed by atoms with Gasteiger partial charge >= 0.3 is 12.0 Å². The van der Waals surface area contributed by atoms with Crippen LogP contribution < -0.4 is 10.6 Å². The minimum absolute atomic E-state index is 0.259. The van der Waals surface area contributed by atoms with Crippen LogP contribution in [-0.4, -0.2) is 42.8 Å². The lowest BCUT2D eigenvalue weighted by Gasteiger charge is -2.06. The predicted octanol–water partition coefficient (Wildman–Crippen LogP) is -0.510. The maximum atomic E-state index is 11.0. The van der Waals surface area contributed by atoms with E-state index >= 15 is 0 Å². The van der Waals surface area contributed by atoms with Gasteiger partial charge in [-0.2, -0.15) is 0 Å². The number of ether oxygens (including phenoxy) is 1. The molecule has 0 aliphatic carbocycles. The zero-order valence-corrected chi connectivity index (χ0v) is 8.91. The minimum atomic E-state index is -1.18. The van der Waals surface area contributed by atoms with Crippen LogP contribution in [0, 0.1) is 0 Å². The number of imide groups is 1. The summed E-state index contributed by atoms with van der Waals surface area (Å²) in [5.74, 6) is -1.89. The Labute approximate surface area is 92.5 Å². The molecule has 0 heterocycles. The molecule has 7 nitrogen and oxygen atoms in total. The van der Waals surface area contributed by atoms with E-state index in [0.29, 0.717) is 0 Å². The van der Waals surface area contributed by atoms with Crippen LogP contribution in [0.1, 0.15) is 6.92 Å². The number of hydrogen-bond acceptors (Lipinski definition) is 4. The fraction of sp³-hybridized carbons (Fsp3) is 0.444. The Hall–Kier alpha value is -1.89. The zero-order valence-electron chi connectivity index (χ0n) is 8.91. The van der Waals surface area contributed by atoms with Crippen molar-refractivity contribution in [3.63, 3.8) is 0 Å². The Balaban J connectivity index is 3.66. The second-order valence-electron chi connectivity index (χ2n) is 3.07. The van der Waals surface area contributed by atoms with Crippen molar-refractivity contribution in [3.8, 4) is 0 Å². The summed E-state index contributed by atoms with van der Waals surface area (Å²) in [7, 11) is 0. The fourth-order valence-corrected chi connectivity index (χ4v) is 0.669. The average molecular weight is 230 g/mol. The topological polar surface area (TPSA) is 105 Å². The second-order valence-corrected chi connectivity index (χ2v) is 3.07. The number of hydrogen-bond donors (Lipinski definition) is 3. The molecule has 0 aromatic heterocycles. The summed E-state index contributed by atoms with van der Waals surface area (Å²) in [6.07, 6.45) is 0. The molecule has 3 N–H and O–H groups in total. The van der Waals surface area contributed by atoms with Crippen LogP contribution in [0.2, 0.25) is 0 Å². The first-order valence-corrected chi connectivity index (χ1v) is 4.43.